The number of nitrogens with zero attached hydrogens (tertiary/aromatic N) is 4. The average molecular weight is 543 g/mol. The molecule has 9 nitrogen and oxygen atoms in total. The molecule has 3 aromatic heterocycles. The Bertz CT molecular complexity index is 1790. The van der Waals surface area contributed by atoms with Crippen molar-refractivity contribution in [2.45, 2.75) is 38.9 Å². The molecule has 40 heavy (non-hydrogen) atoms. The third-order valence-corrected chi connectivity index (χ3v) is 7.11. The number of H-pyrrole nitrogens is 2. The molecule has 1 aliphatic rings. The molecule has 6 rings (SSSR count). The topological polar surface area (TPSA) is 117 Å². The Hall–Kier alpha value is -4.93. The number of nitrogens with one attached hydrogen (secondary N) is 2. The van der Waals surface area contributed by atoms with E-state index in [9.17, 15) is 23.2 Å². The summed E-state index contributed by atoms with van der Waals surface area (Å²) in [6.45, 7) is 0.719. The number of hydrogen-bond donors (Lipinski definition) is 2. The van der Waals surface area contributed by atoms with Crippen molar-refractivity contribution in [1.29, 1.82) is 0 Å². The van der Waals surface area contributed by atoms with Gasteiger partial charge in [-0.2, -0.15) is 10.2 Å². The first-order valence-electron chi connectivity index (χ1n) is 12.8. The number of fused-ring (bicyclic) bond motifs is 2. The molecule has 0 radical (unpaired) electrons. The van der Waals surface area contributed by atoms with Crippen molar-refractivity contribution in [1.82, 2.24) is 29.9 Å². The third kappa shape index (κ3) is 4.81. The monoisotopic (exact) mass is 542 g/mol. The summed E-state index contributed by atoms with van der Waals surface area (Å²) >= 11 is 0. The Labute approximate surface area is 226 Å². The van der Waals surface area contributed by atoms with Crippen LogP contribution in [-0.2, 0) is 24.4 Å². The van der Waals surface area contributed by atoms with E-state index in [1.807, 2.05) is 30.3 Å². The zero-order valence-electron chi connectivity index (χ0n) is 21.3. The summed E-state index contributed by atoms with van der Waals surface area (Å²) in [5, 5.41) is 12.5. The lowest BCUT2D eigenvalue weighted by atomic mass is 10.1. The van der Waals surface area contributed by atoms with E-state index in [1.54, 1.807) is 4.90 Å². The predicted molar refractivity (Wildman–Crippen MR) is 142 cm³/mol. The van der Waals surface area contributed by atoms with Crippen LogP contribution in [0, 0.1) is 11.6 Å². The number of halogens is 2. The summed E-state index contributed by atoms with van der Waals surface area (Å²) in [7, 11) is 0. The zero-order chi connectivity index (χ0) is 27.8. The number of hydrogen-bond acceptors (Lipinski definition) is 5. The molecular formula is C29H24F2N6O3. The zero-order valence-corrected chi connectivity index (χ0v) is 21.3. The lowest BCUT2D eigenvalue weighted by Crippen LogP contribution is -2.29. The van der Waals surface area contributed by atoms with Crippen LogP contribution in [0.5, 0.6) is 0 Å². The Balaban J connectivity index is 1.06. The van der Waals surface area contributed by atoms with Gasteiger partial charge in [-0.25, -0.2) is 13.5 Å². The Kier molecular flexibility index (Phi) is 6.54. The van der Waals surface area contributed by atoms with Crippen molar-refractivity contribution >= 4 is 22.6 Å². The van der Waals surface area contributed by atoms with Crippen LogP contribution in [0.3, 0.4) is 0 Å². The van der Waals surface area contributed by atoms with Crippen molar-refractivity contribution in [3.8, 4) is 11.4 Å². The van der Waals surface area contributed by atoms with E-state index in [1.165, 1.54) is 18.3 Å². The first kappa shape index (κ1) is 25.4. The van der Waals surface area contributed by atoms with Crippen LogP contribution in [-0.4, -0.2) is 41.6 Å². The quantitative estimate of drug-likeness (QED) is 0.283. The van der Waals surface area contributed by atoms with E-state index < -0.39 is 23.0 Å². The summed E-state index contributed by atoms with van der Waals surface area (Å²) in [5.74, 6) is -2.52. The minimum Gasteiger partial charge on any atom is -0.353 e. The molecule has 4 heterocycles. The fraction of sp³-hybridized carbons (Fsp3) is 0.207. The maximum atomic E-state index is 13.5. The molecular weight excluding hydrogens is 518 g/mol. The molecule has 11 heteroatoms. The van der Waals surface area contributed by atoms with E-state index in [0.29, 0.717) is 18.7 Å². The van der Waals surface area contributed by atoms with Gasteiger partial charge in [0.15, 0.2) is 17.4 Å². The summed E-state index contributed by atoms with van der Waals surface area (Å²) in [6.07, 6.45) is 1.76. The highest BCUT2D eigenvalue weighted by Crippen LogP contribution is 2.32. The number of aromatic nitrogens is 5. The van der Waals surface area contributed by atoms with Gasteiger partial charge in [0, 0.05) is 35.5 Å². The van der Waals surface area contributed by atoms with E-state index in [2.05, 4.69) is 20.3 Å². The van der Waals surface area contributed by atoms with Gasteiger partial charge in [-0.3, -0.25) is 19.5 Å². The molecule has 0 aliphatic carbocycles. The van der Waals surface area contributed by atoms with E-state index in [4.69, 9.17) is 0 Å². The Morgan fingerprint density at radius 3 is 2.65 bits per heavy atom. The fourth-order valence-corrected chi connectivity index (χ4v) is 5.02. The van der Waals surface area contributed by atoms with Gasteiger partial charge < -0.3 is 9.88 Å². The SMILES string of the molecule is O=C(CCCC(=O)N1Cc2[nH]nc(-c3cc4ccccc4[nH]3)c2C1)c1ccnn(Cc2ccc(F)c(F)c2)c1=O. The number of benzene rings is 2. The van der Waals surface area contributed by atoms with Gasteiger partial charge in [-0.1, -0.05) is 24.3 Å². The second-order valence-corrected chi connectivity index (χ2v) is 9.78. The molecule has 0 saturated carbocycles. The third-order valence-electron chi connectivity index (χ3n) is 7.11. The number of amides is 1. The van der Waals surface area contributed by atoms with E-state index >= 15 is 0 Å². The van der Waals surface area contributed by atoms with Gasteiger partial charge in [-0.05, 0) is 42.3 Å². The van der Waals surface area contributed by atoms with Crippen LogP contribution in [0.2, 0.25) is 0 Å². The molecule has 0 saturated heterocycles. The first-order chi connectivity index (χ1) is 19.4. The minimum atomic E-state index is -1.03. The van der Waals surface area contributed by atoms with Gasteiger partial charge in [0.05, 0.1) is 36.6 Å². The normalized spacial score (nSPS) is 12.7. The van der Waals surface area contributed by atoms with Crippen molar-refractivity contribution in [2.24, 2.45) is 0 Å². The molecule has 2 aromatic carbocycles. The van der Waals surface area contributed by atoms with Gasteiger partial charge >= 0.3 is 0 Å². The largest absolute Gasteiger partial charge is 0.353 e. The van der Waals surface area contributed by atoms with Crippen molar-refractivity contribution in [2.75, 3.05) is 0 Å². The number of carbonyl (C=O) groups is 2. The number of aromatic amines is 2. The highest BCUT2D eigenvalue weighted by Gasteiger charge is 2.29. The van der Waals surface area contributed by atoms with Crippen molar-refractivity contribution in [3.05, 3.63) is 105 Å². The van der Waals surface area contributed by atoms with Gasteiger partial charge in [0.25, 0.3) is 5.56 Å². The second-order valence-electron chi connectivity index (χ2n) is 9.78. The molecule has 2 N–H and O–H groups in total. The van der Waals surface area contributed by atoms with Crippen molar-refractivity contribution in [3.63, 3.8) is 0 Å². The summed E-state index contributed by atoms with van der Waals surface area (Å²) < 4.78 is 27.8. The van der Waals surface area contributed by atoms with Crippen LogP contribution in [0.4, 0.5) is 8.78 Å². The van der Waals surface area contributed by atoms with Gasteiger partial charge in [0.2, 0.25) is 5.91 Å². The number of para-hydroxylation sites is 1. The Morgan fingerprint density at radius 1 is 0.975 bits per heavy atom. The molecule has 0 fully saturated rings. The van der Waals surface area contributed by atoms with Gasteiger partial charge in [0.1, 0.15) is 5.69 Å². The maximum absolute atomic E-state index is 13.5. The van der Waals surface area contributed by atoms with Gasteiger partial charge in [-0.15, -0.1) is 0 Å². The molecule has 1 amide bonds. The number of Topliss-reactive ketones (excluding diaryl/α,β-unsaturated/α-hetero) is 1. The molecule has 0 atom stereocenters. The van der Waals surface area contributed by atoms with E-state index in [0.717, 1.165) is 50.4 Å². The molecule has 202 valence electrons. The summed E-state index contributed by atoms with van der Waals surface area (Å²) in [4.78, 5) is 43.6. The molecule has 5 aromatic rings. The lowest BCUT2D eigenvalue weighted by molar-refractivity contribution is -0.131. The van der Waals surface area contributed by atoms with Crippen LogP contribution in [0.1, 0.15) is 46.4 Å². The molecule has 1 aliphatic heterocycles. The van der Waals surface area contributed by atoms with Crippen LogP contribution in [0.25, 0.3) is 22.3 Å². The highest BCUT2D eigenvalue weighted by molar-refractivity contribution is 5.95. The summed E-state index contributed by atoms with van der Waals surface area (Å²) in [6, 6.07) is 14.6. The highest BCUT2D eigenvalue weighted by atomic mass is 19.2. The predicted octanol–water partition coefficient (Wildman–Crippen LogP) is 4.34. The molecule has 0 bridgehead atoms. The smallest absolute Gasteiger partial charge is 0.277 e. The maximum Gasteiger partial charge on any atom is 0.277 e. The van der Waals surface area contributed by atoms with Crippen LogP contribution >= 0.6 is 0 Å². The lowest BCUT2D eigenvalue weighted by Gasteiger charge is -2.15. The molecule has 0 unspecified atom stereocenters. The average Bonchev–Trinajstić information content (AvgIpc) is 3.66. The van der Waals surface area contributed by atoms with Crippen molar-refractivity contribution < 1.29 is 18.4 Å². The number of rotatable bonds is 8. The Morgan fingerprint density at radius 2 is 1.82 bits per heavy atom. The number of carbonyl (C=O) groups excluding carboxylic acids is 2. The minimum absolute atomic E-state index is 0.0111. The van der Waals surface area contributed by atoms with Crippen LogP contribution in [0.15, 0.2) is 65.6 Å². The summed E-state index contributed by atoms with van der Waals surface area (Å²) in [5.41, 5.74) is 4.18. The number of ketones is 1. The first-order valence-corrected chi connectivity index (χ1v) is 12.8. The van der Waals surface area contributed by atoms with E-state index in [-0.39, 0.29) is 37.3 Å². The van der Waals surface area contributed by atoms with Crippen LogP contribution < -0.4 is 5.56 Å². The molecule has 0 spiro atoms. The second kappa shape index (κ2) is 10.3. The fourth-order valence-electron chi connectivity index (χ4n) is 5.02. The standard InChI is InChI=1S/C29H24F2N6O3/c30-21-9-8-17(12-22(21)31)14-37-29(40)19(10-11-32-37)26(38)6-3-7-27(39)36-15-20-25(16-36)34-35-28(20)24-13-18-4-1-2-5-23(18)33-24/h1-2,4-5,8-13,33H,3,6-7,14-16H2,(H,34,35).